The number of anilines is 2. The van der Waals surface area contributed by atoms with Gasteiger partial charge in [-0.3, -0.25) is 9.10 Å². The van der Waals surface area contributed by atoms with Crippen molar-refractivity contribution in [3.63, 3.8) is 0 Å². The number of rotatable bonds is 7. The molecule has 2 aromatic carbocycles. The van der Waals surface area contributed by atoms with E-state index < -0.39 is 10.0 Å². The highest BCUT2D eigenvalue weighted by Gasteiger charge is 2.24. The van der Waals surface area contributed by atoms with E-state index in [9.17, 15) is 13.2 Å². The summed E-state index contributed by atoms with van der Waals surface area (Å²) in [5.74, 6) is -0.176. The molecule has 28 heavy (non-hydrogen) atoms. The van der Waals surface area contributed by atoms with E-state index in [1.165, 1.54) is 4.31 Å². The molecule has 0 atom stereocenters. The number of sulfonamides is 1. The third-order valence-corrected chi connectivity index (χ3v) is 5.52. The minimum atomic E-state index is -3.57. The van der Waals surface area contributed by atoms with Gasteiger partial charge in [-0.15, -0.1) is 0 Å². The maximum absolute atomic E-state index is 12.5. The number of nitriles is 1. The summed E-state index contributed by atoms with van der Waals surface area (Å²) in [5, 5.41) is 11.7. The fourth-order valence-electron chi connectivity index (χ4n) is 3.02. The zero-order valence-corrected chi connectivity index (χ0v) is 17.4. The second-order valence-electron chi connectivity index (χ2n) is 6.99. The number of hydrogen-bond donors (Lipinski definition) is 1. The van der Waals surface area contributed by atoms with Crippen LogP contribution in [-0.2, 0) is 14.8 Å². The first-order chi connectivity index (χ1) is 13.1. The number of hydrogen-bond acceptors (Lipinski definition) is 4. The van der Waals surface area contributed by atoms with Crippen molar-refractivity contribution in [3.8, 4) is 6.07 Å². The normalized spacial score (nSPS) is 11.1. The molecule has 2 aromatic rings. The fourth-order valence-corrected chi connectivity index (χ4v) is 4.03. The first-order valence-electron chi connectivity index (χ1n) is 9.00. The molecule has 0 aliphatic heterocycles. The van der Waals surface area contributed by atoms with Gasteiger partial charge in [0.2, 0.25) is 15.9 Å². The minimum Gasteiger partial charge on any atom is -0.326 e. The van der Waals surface area contributed by atoms with E-state index >= 15 is 0 Å². The van der Waals surface area contributed by atoms with E-state index in [0.29, 0.717) is 16.9 Å². The van der Waals surface area contributed by atoms with Crippen LogP contribution in [0.5, 0.6) is 0 Å². The van der Waals surface area contributed by atoms with E-state index in [0.717, 1.165) is 17.4 Å². The SMILES string of the molecule is Cc1cccc(C(C)C)c1N(CCC(=O)Nc1cccc(C#N)c1)S(C)(=O)=O. The Balaban J connectivity index is 2.23. The number of aryl methyl sites for hydroxylation is 1. The van der Waals surface area contributed by atoms with Gasteiger partial charge in [-0.2, -0.15) is 5.26 Å². The lowest BCUT2D eigenvalue weighted by molar-refractivity contribution is -0.116. The number of benzene rings is 2. The number of para-hydroxylation sites is 1. The average Bonchev–Trinajstić information content (AvgIpc) is 2.61. The molecule has 0 radical (unpaired) electrons. The predicted octanol–water partition coefficient (Wildman–Crippen LogP) is 3.78. The highest BCUT2D eigenvalue weighted by Crippen LogP contribution is 2.32. The van der Waals surface area contributed by atoms with Crippen molar-refractivity contribution < 1.29 is 13.2 Å². The van der Waals surface area contributed by atoms with E-state index in [1.807, 2.05) is 45.0 Å². The zero-order chi connectivity index (χ0) is 20.9. The van der Waals surface area contributed by atoms with Gasteiger partial charge < -0.3 is 5.32 Å². The molecule has 2 rings (SSSR count). The molecule has 0 unspecified atom stereocenters. The second kappa shape index (κ2) is 8.89. The Morgan fingerprint density at radius 3 is 2.50 bits per heavy atom. The number of nitrogens with zero attached hydrogens (tertiary/aromatic N) is 2. The van der Waals surface area contributed by atoms with Crippen LogP contribution in [0.4, 0.5) is 11.4 Å². The Kier molecular flexibility index (Phi) is 6.81. The van der Waals surface area contributed by atoms with Gasteiger partial charge in [0, 0.05) is 18.7 Å². The van der Waals surface area contributed by atoms with E-state index in [-0.39, 0.29) is 24.8 Å². The van der Waals surface area contributed by atoms with Gasteiger partial charge >= 0.3 is 0 Å². The van der Waals surface area contributed by atoms with Gasteiger partial charge in [-0.25, -0.2) is 8.42 Å². The van der Waals surface area contributed by atoms with Gasteiger partial charge in [0.25, 0.3) is 0 Å². The Morgan fingerprint density at radius 2 is 1.89 bits per heavy atom. The molecule has 0 fully saturated rings. The van der Waals surface area contributed by atoms with Gasteiger partial charge in [-0.05, 0) is 42.2 Å². The zero-order valence-electron chi connectivity index (χ0n) is 16.6. The van der Waals surface area contributed by atoms with Crippen LogP contribution in [0.1, 0.15) is 42.9 Å². The molecule has 0 heterocycles. The number of nitrogens with one attached hydrogen (secondary N) is 1. The van der Waals surface area contributed by atoms with Crippen LogP contribution in [-0.4, -0.2) is 27.1 Å². The summed E-state index contributed by atoms with van der Waals surface area (Å²) in [4.78, 5) is 12.4. The smallest absolute Gasteiger partial charge is 0.232 e. The van der Waals surface area contributed by atoms with Crippen molar-refractivity contribution in [1.29, 1.82) is 5.26 Å². The summed E-state index contributed by atoms with van der Waals surface area (Å²) in [6.45, 7) is 5.92. The van der Waals surface area contributed by atoms with Crippen molar-refractivity contribution >= 4 is 27.3 Å². The third-order valence-electron chi connectivity index (χ3n) is 4.36. The molecule has 7 heteroatoms. The van der Waals surface area contributed by atoms with Crippen LogP contribution in [0.2, 0.25) is 0 Å². The molecule has 0 aliphatic carbocycles. The van der Waals surface area contributed by atoms with Gasteiger partial charge in [0.05, 0.1) is 23.6 Å². The number of amides is 1. The summed E-state index contributed by atoms with van der Waals surface area (Å²) < 4.78 is 26.3. The standard InChI is InChI=1S/C21H25N3O3S/c1-15(2)19-10-5-7-16(3)21(19)24(28(4,26)27)12-11-20(25)23-18-9-6-8-17(13-18)14-22/h5-10,13,15H,11-12H2,1-4H3,(H,23,25). The van der Waals surface area contributed by atoms with Crippen LogP contribution < -0.4 is 9.62 Å². The van der Waals surface area contributed by atoms with Crippen molar-refractivity contribution in [2.75, 3.05) is 22.4 Å². The first kappa shape index (κ1) is 21.5. The summed E-state index contributed by atoms with van der Waals surface area (Å²) in [6.07, 6.45) is 1.15. The van der Waals surface area contributed by atoms with Crippen LogP contribution in [0.25, 0.3) is 0 Å². The predicted molar refractivity (Wildman–Crippen MR) is 112 cm³/mol. The molecule has 1 N–H and O–H groups in total. The first-order valence-corrected chi connectivity index (χ1v) is 10.9. The molecule has 0 spiro atoms. The lowest BCUT2D eigenvalue weighted by Crippen LogP contribution is -2.34. The van der Waals surface area contributed by atoms with Gasteiger partial charge in [0.15, 0.2) is 0 Å². The quantitative estimate of drug-likeness (QED) is 0.767. The van der Waals surface area contributed by atoms with Crippen molar-refractivity contribution in [2.24, 2.45) is 0 Å². The fraction of sp³-hybridized carbons (Fsp3) is 0.333. The summed E-state index contributed by atoms with van der Waals surface area (Å²) in [6, 6.07) is 14.3. The average molecular weight is 400 g/mol. The molecular formula is C21H25N3O3S. The molecule has 0 aromatic heterocycles. The summed E-state index contributed by atoms with van der Waals surface area (Å²) in [5.41, 5.74) is 3.36. The molecule has 0 saturated heterocycles. The summed E-state index contributed by atoms with van der Waals surface area (Å²) in [7, 11) is -3.57. The number of carbonyl (C=O) groups is 1. The number of carbonyl (C=O) groups excluding carboxylic acids is 1. The van der Waals surface area contributed by atoms with E-state index in [4.69, 9.17) is 5.26 Å². The van der Waals surface area contributed by atoms with Gasteiger partial charge in [-0.1, -0.05) is 38.1 Å². The molecular weight excluding hydrogens is 374 g/mol. The Labute approximate surface area is 166 Å². The topological polar surface area (TPSA) is 90.3 Å². The third kappa shape index (κ3) is 5.33. The van der Waals surface area contributed by atoms with Gasteiger partial charge in [0.1, 0.15) is 0 Å². The van der Waals surface area contributed by atoms with Crippen molar-refractivity contribution in [1.82, 2.24) is 0 Å². The molecule has 0 saturated carbocycles. The molecule has 148 valence electrons. The summed E-state index contributed by atoms with van der Waals surface area (Å²) >= 11 is 0. The second-order valence-corrected chi connectivity index (χ2v) is 8.90. The van der Waals surface area contributed by atoms with Crippen LogP contribution in [0.15, 0.2) is 42.5 Å². The van der Waals surface area contributed by atoms with Crippen LogP contribution in [0.3, 0.4) is 0 Å². The van der Waals surface area contributed by atoms with E-state index in [1.54, 1.807) is 24.3 Å². The lowest BCUT2D eigenvalue weighted by Gasteiger charge is -2.28. The van der Waals surface area contributed by atoms with Crippen molar-refractivity contribution in [2.45, 2.75) is 33.1 Å². The maximum Gasteiger partial charge on any atom is 0.232 e. The van der Waals surface area contributed by atoms with E-state index in [2.05, 4.69) is 5.32 Å². The van der Waals surface area contributed by atoms with Crippen LogP contribution >= 0.6 is 0 Å². The monoisotopic (exact) mass is 399 g/mol. The lowest BCUT2D eigenvalue weighted by atomic mass is 9.98. The van der Waals surface area contributed by atoms with Crippen LogP contribution in [0, 0.1) is 18.3 Å². The Hall–Kier alpha value is -2.85. The highest BCUT2D eigenvalue weighted by atomic mass is 32.2. The molecule has 0 bridgehead atoms. The minimum absolute atomic E-state index is 0.00425. The van der Waals surface area contributed by atoms with Crippen molar-refractivity contribution in [3.05, 3.63) is 59.2 Å². The molecule has 1 amide bonds. The molecule has 6 nitrogen and oxygen atoms in total. The molecule has 0 aliphatic rings. The largest absolute Gasteiger partial charge is 0.326 e. The Bertz CT molecular complexity index is 1010. The maximum atomic E-state index is 12.5. The Morgan fingerprint density at radius 1 is 1.21 bits per heavy atom. The highest BCUT2D eigenvalue weighted by molar-refractivity contribution is 7.92.